The lowest BCUT2D eigenvalue weighted by molar-refractivity contribution is -0.385. The summed E-state index contributed by atoms with van der Waals surface area (Å²) in [5.74, 6) is 0.744. The zero-order chi connectivity index (χ0) is 11.7. The molecule has 1 aromatic carbocycles. The molecule has 6 nitrogen and oxygen atoms in total. The first-order chi connectivity index (χ1) is 7.63. The molecule has 1 unspecified atom stereocenters. The lowest BCUT2D eigenvalue weighted by atomic mass is 10.1. The highest BCUT2D eigenvalue weighted by atomic mass is 79.9. The van der Waals surface area contributed by atoms with Crippen LogP contribution in [0.2, 0.25) is 0 Å². The molecule has 0 aliphatic carbocycles. The number of nitro benzene ring substituents is 1. The van der Waals surface area contributed by atoms with E-state index in [-0.39, 0.29) is 18.0 Å². The molecule has 0 bridgehead atoms. The molecule has 1 atom stereocenters. The van der Waals surface area contributed by atoms with E-state index in [2.05, 4.69) is 15.9 Å². The Labute approximate surface area is 98.7 Å². The van der Waals surface area contributed by atoms with Crippen LogP contribution in [0.3, 0.4) is 0 Å². The Balaban J connectivity index is 2.58. The van der Waals surface area contributed by atoms with E-state index < -0.39 is 9.75 Å². The standard InChI is InChI=1S/C9H5BrN2O4/c10-6(3-11)5-1-8-9(16-4-15-8)2-7(5)12(13)14/h1-2,6H,4H2. The molecule has 2 rings (SSSR count). The average Bonchev–Trinajstić information content (AvgIpc) is 2.73. The van der Waals surface area contributed by atoms with Crippen LogP contribution in [0.1, 0.15) is 10.4 Å². The van der Waals surface area contributed by atoms with Crippen molar-refractivity contribution in [1.82, 2.24) is 0 Å². The molecule has 0 amide bonds. The third-order valence-corrected chi connectivity index (χ3v) is 2.80. The van der Waals surface area contributed by atoms with Crippen molar-refractivity contribution < 1.29 is 14.4 Å². The first-order valence-corrected chi connectivity index (χ1v) is 5.16. The molecule has 0 radical (unpaired) electrons. The molecule has 0 fully saturated rings. The number of benzene rings is 1. The van der Waals surface area contributed by atoms with Gasteiger partial charge in [0.2, 0.25) is 6.79 Å². The van der Waals surface area contributed by atoms with Crippen LogP contribution in [-0.4, -0.2) is 11.7 Å². The molecule has 0 saturated carbocycles. The smallest absolute Gasteiger partial charge is 0.278 e. The van der Waals surface area contributed by atoms with Gasteiger partial charge in [-0.25, -0.2) is 0 Å². The topological polar surface area (TPSA) is 85.4 Å². The van der Waals surface area contributed by atoms with E-state index in [4.69, 9.17) is 14.7 Å². The minimum atomic E-state index is -0.748. The van der Waals surface area contributed by atoms with Crippen molar-refractivity contribution in [3.05, 3.63) is 27.8 Å². The summed E-state index contributed by atoms with van der Waals surface area (Å²) in [5, 5.41) is 19.6. The van der Waals surface area contributed by atoms with Crippen LogP contribution in [0, 0.1) is 21.4 Å². The average molecular weight is 285 g/mol. The Bertz CT molecular complexity index is 497. The number of halogens is 1. The van der Waals surface area contributed by atoms with Gasteiger partial charge in [0.05, 0.1) is 22.6 Å². The van der Waals surface area contributed by atoms with Gasteiger partial charge in [-0.15, -0.1) is 0 Å². The van der Waals surface area contributed by atoms with E-state index in [1.807, 2.05) is 6.07 Å². The summed E-state index contributed by atoms with van der Waals surface area (Å²) in [5.41, 5.74) is 0.101. The van der Waals surface area contributed by atoms with Gasteiger partial charge in [-0.05, 0) is 6.07 Å². The van der Waals surface area contributed by atoms with Crippen molar-refractivity contribution in [2.45, 2.75) is 4.83 Å². The zero-order valence-corrected chi connectivity index (χ0v) is 9.43. The van der Waals surface area contributed by atoms with Crippen LogP contribution in [0.15, 0.2) is 12.1 Å². The molecule has 1 aromatic rings. The SMILES string of the molecule is N#CC(Br)c1cc2c(cc1[N+](=O)[O-])OCO2. The Kier molecular flexibility index (Phi) is 2.66. The van der Waals surface area contributed by atoms with Gasteiger partial charge in [-0.2, -0.15) is 5.26 Å². The van der Waals surface area contributed by atoms with Crippen molar-refractivity contribution >= 4 is 21.6 Å². The van der Waals surface area contributed by atoms with Gasteiger partial charge in [0.15, 0.2) is 11.5 Å². The maximum absolute atomic E-state index is 10.8. The van der Waals surface area contributed by atoms with Gasteiger partial charge < -0.3 is 9.47 Å². The molecule has 1 aliphatic rings. The fraction of sp³-hybridized carbons (Fsp3) is 0.222. The second-order valence-corrected chi connectivity index (χ2v) is 3.93. The number of nitriles is 1. The van der Waals surface area contributed by atoms with Gasteiger partial charge in [0.1, 0.15) is 4.83 Å². The second-order valence-electron chi connectivity index (χ2n) is 3.01. The quantitative estimate of drug-likeness (QED) is 0.472. The number of alkyl halides is 1. The van der Waals surface area contributed by atoms with Gasteiger partial charge >= 0.3 is 0 Å². The first kappa shape index (κ1) is 10.7. The summed E-state index contributed by atoms with van der Waals surface area (Å²) in [6.07, 6.45) is 0. The number of fused-ring (bicyclic) bond motifs is 1. The lowest BCUT2D eigenvalue weighted by Crippen LogP contribution is -1.96. The van der Waals surface area contributed by atoms with Crippen molar-refractivity contribution in [3.8, 4) is 17.6 Å². The minimum Gasteiger partial charge on any atom is -0.454 e. The number of nitrogens with zero attached hydrogens (tertiary/aromatic N) is 2. The predicted molar refractivity (Wildman–Crippen MR) is 56.5 cm³/mol. The number of hydrogen-bond donors (Lipinski definition) is 0. The highest BCUT2D eigenvalue weighted by molar-refractivity contribution is 9.09. The summed E-state index contributed by atoms with van der Waals surface area (Å²) in [6.45, 7) is 0.0371. The van der Waals surface area contributed by atoms with E-state index in [0.717, 1.165) is 0 Å². The molecule has 7 heteroatoms. The van der Waals surface area contributed by atoms with E-state index in [1.165, 1.54) is 12.1 Å². The molecule has 0 saturated heterocycles. The van der Waals surface area contributed by atoms with Gasteiger partial charge in [0, 0.05) is 0 Å². The van der Waals surface area contributed by atoms with Gasteiger partial charge in [-0.3, -0.25) is 10.1 Å². The maximum Gasteiger partial charge on any atom is 0.278 e. The molecular weight excluding hydrogens is 280 g/mol. The van der Waals surface area contributed by atoms with Gasteiger partial charge in [0.25, 0.3) is 5.69 Å². The van der Waals surface area contributed by atoms with E-state index in [9.17, 15) is 10.1 Å². The third-order valence-electron chi connectivity index (χ3n) is 2.10. The molecule has 1 heterocycles. The molecule has 0 spiro atoms. The van der Waals surface area contributed by atoms with Crippen LogP contribution >= 0.6 is 15.9 Å². The highest BCUT2D eigenvalue weighted by Crippen LogP contribution is 2.41. The fourth-order valence-electron chi connectivity index (χ4n) is 1.38. The minimum absolute atomic E-state index is 0.0371. The monoisotopic (exact) mass is 284 g/mol. The van der Waals surface area contributed by atoms with Crippen molar-refractivity contribution in [2.24, 2.45) is 0 Å². The summed E-state index contributed by atoms with van der Waals surface area (Å²) in [6, 6.07) is 4.60. The third kappa shape index (κ3) is 1.67. The van der Waals surface area contributed by atoms with E-state index in [1.54, 1.807) is 0 Å². The van der Waals surface area contributed by atoms with Crippen LogP contribution in [-0.2, 0) is 0 Å². The first-order valence-electron chi connectivity index (χ1n) is 4.25. The molecular formula is C9H5BrN2O4. The Morgan fingerprint density at radius 3 is 2.69 bits per heavy atom. The molecule has 1 aliphatic heterocycles. The number of hydrogen-bond acceptors (Lipinski definition) is 5. The van der Waals surface area contributed by atoms with Crippen molar-refractivity contribution in [3.63, 3.8) is 0 Å². The van der Waals surface area contributed by atoms with Crippen LogP contribution in [0.5, 0.6) is 11.5 Å². The van der Waals surface area contributed by atoms with Crippen molar-refractivity contribution in [1.29, 1.82) is 5.26 Å². The number of rotatable bonds is 2. The van der Waals surface area contributed by atoms with Gasteiger partial charge in [-0.1, -0.05) is 15.9 Å². The second kappa shape index (κ2) is 3.98. The number of nitro groups is 1. The fourth-order valence-corrected chi connectivity index (χ4v) is 1.74. The summed E-state index contributed by atoms with van der Waals surface area (Å²) < 4.78 is 10.1. The molecule has 0 N–H and O–H groups in total. The Hall–Kier alpha value is -1.81. The lowest BCUT2D eigenvalue weighted by Gasteiger charge is -2.04. The number of ether oxygens (including phenoxy) is 2. The van der Waals surface area contributed by atoms with Crippen LogP contribution < -0.4 is 9.47 Å². The Morgan fingerprint density at radius 2 is 2.12 bits per heavy atom. The summed E-state index contributed by atoms with van der Waals surface area (Å²) in [7, 11) is 0. The summed E-state index contributed by atoms with van der Waals surface area (Å²) in [4.78, 5) is 9.52. The van der Waals surface area contributed by atoms with Crippen molar-refractivity contribution in [2.75, 3.05) is 6.79 Å². The zero-order valence-electron chi connectivity index (χ0n) is 7.84. The van der Waals surface area contributed by atoms with E-state index in [0.29, 0.717) is 11.5 Å². The molecule has 0 aromatic heterocycles. The maximum atomic E-state index is 10.8. The highest BCUT2D eigenvalue weighted by Gasteiger charge is 2.26. The molecule has 82 valence electrons. The van der Waals surface area contributed by atoms with Crippen LogP contribution in [0.25, 0.3) is 0 Å². The normalized spacial score (nSPS) is 14.2. The van der Waals surface area contributed by atoms with E-state index >= 15 is 0 Å². The largest absolute Gasteiger partial charge is 0.454 e. The predicted octanol–water partition coefficient (Wildman–Crippen LogP) is 2.28. The Morgan fingerprint density at radius 1 is 1.50 bits per heavy atom. The summed E-state index contributed by atoms with van der Waals surface area (Å²) >= 11 is 3.05. The molecule has 16 heavy (non-hydrogen) atoms. The van der Waals surface area contributed by atoms with Crippen LogP contribution in [0.4, 0.5) is 5.69 Å².